The van der Waals surface area contributed by atoms with Gasteiger partial charge in [-0.2, -0.15) is 0 Å². The van der Waals surface area contributed by atoms with Crippen LogP contribution < -0.4 is 20.5 Å². The van der Waals surface area contributed by atoms with Crippen LogP contribution in [0.5, 0.6) is 11.5 Å². The fourth-order valence-corrected chi connectivity index (χ4v) is 3.82. The highest BCUT2D eigenvalue weighted by Crippen LogP contribution is 2.35. The predicted molar refractivity (Wildman–Crippen MR) is 121 cm³/mol. The average molecular weight is 414 g/mol. The summed E-state index contributed by atoms with van der Waals surface area (Å²) in [5, 5.41) is 3.38. The van der Waals surface area contributed by atoms with Crippen LogP contribution in [0, 0.1) is 5.92 Å². The molecule has 8 heteroatoms. The van der Waals surface area contributed by atoms with E-state index >= 15 is 0 Å². The molecule has 1 atom stereocenters. The average Bonchev–Trinajstić information content (AvgIpc) is 3.27. The van der Waals surface area contributed by atoms with E-state index in [4.69, 9.17) is 20.2 Å². The first-order valence-corrected chi connectivity index (χ1v) is 9.91. The van der Waals surface area contributed by atoms with Crippen molar-refractivity contribution in [1.82, 2.24) is 14.4 Å². The molecule has 0 spiro atoms. The Morgan fingerprint density at radius 3 is 2.87 bits per heavy atom. The van der Waals surface area contributed by atoms with Crippen molar-refractivity contribution in [3.63, 3.8) is 0 Å². The lowest BCUT2D eigenvalue weighted by atomic mass is 9.88. The normalized spacial score (nSPS) is 17.5. The molecule has 1 aliphatic heterocycles. The zero-order chi connectivity index (χ0) is 21.4. The number of aliphatic imine (C=N–C) groups is 1. The summed E-state index contributed by atoms with van der Waals surface area (Å²) in [6.07, 6.45) is 14.5. The second-order valence-corrected chi connectivity index (χ2v) is 7.32. The highest BCUT2D eigenvalue weighted by molar-refractivity contribution is 5.93. The van der Waals surface area contributed by atoms with Gasteiger partial charge in [0, 0.05) is 42.0 Å². The van der Waals surface area contributed by atoms with Gasteiger partial charge in [0.05, 0.1) is 19.9 Å². The van der Waals surface area contributed by atoms with Gasteiger partial charge < -0.3 is 24.9 Å². The lowest BCUT2D eigenvalue weighted by Gasteiger charge is -2.22. The summed E-state index contributed by atoms with van der Waals surface area (Å²) in [7, 11) is 3.23. The third-order valence-electron chi connectivity index (χ3n) is 5.38. The Morgan fingerprint density at radius 1 is 1.16 bits per heavy atom. The molecule has 31 heavy (non-hydrogen) atoms. The van der Waals surface area contributed by atoms with Gasteiger partial charge in [-0.15, -0.1) is 0 Å². The SMILES string of the molecule is COc1ccc(Nc2nc(C3=CC=C4N=C(N)C=CC4C3)cn3ccnc23)cc1OC. The van der Waals surface area contributed by atoms with E-state index in [-0.39, 0.29) is 5.92 Å². The van der Waals surface area contributed by atoms with E-state index in [1.807, 2.05) is 47.1 Å². The van der Waals surface area contributed by atoms with Gasteiger partial charge in [-0.05, 0) is 36.3 Å². The molecule has 3 aromatic rings. The molecular weight excluding hydrogens is 392 g/mol. The molecule has 3 N–H and O–H groups in total. The van der Waals surface area contributed by atoms with Crippen molar-refractivity contribution in [1.29, 1.82) is 0 Å². The van der Waals surface area contributed by atoms with Gasteiger partial charge in [0.15, 0.2) is 23.0 Å². The first-order valence-electron chi connectivity index (χ1n) is 9.91. The van der Waals surface area contributed by atoms with Crippen LogP contribution >= 0.6 is 0 Å². The first kappa shape index (κ1) is 18.9. The molecule has 1 aromatic carbocycles. The monoisotopic (exact) mass is 414 g/mol. The number of amidine groups is 1. The molecule has 0 saturated heterocycles. The second-order valence-electron chi connectivity index (χ2n) is 7.32. The zero-order valence-corrected chi connectivity index (χ0v) is 17.2. The molecule has 5 rings (SSSR count). The summed E-state index contributed by atoms with van der Waals surface area (Å²) in [5.74, 6) is 2.71. The van der Waals surface area contributed by atoms with Gasteiger partial charge in [-0.3, -0.25) is 0 Å². The summed E-state index contributed by atoms with van der Waals surface area (Å²) in [5.41, 5.74) is 10.4. The molecule has 0 fully saturated rings. The minimum absolute atomic E-state index is 0.204. The molecule has 1 aliphatic carbocycles. The number of nitrogens with zero attached hydrogens (tertiary/aromatic N) is 4. The number of hydrogen-bond donors (Lipinski definition) is 2. The second kappa shape index (κ2) is 7.64. The van der Waals surface area contributed by atoms with Crippen LogP contribution in [-0.2, 0) is 0 Å². The van der Waals surface area contributed by atoms with Gasteiger partial charge in [0.1, 0.15) is 5.84 Å². The van der Waals surface area contributed by atoms with Crippen molar-refractivity contribution in [2.24, 2.45) is 16.6 Å². The van der Waals surface area contributed by atoms with Gasteiger partial charge in [-0.25, -0.2) is 15.0 Å². The van der Waals surface area contributed by atoms with E-state index in [1.165, 1.54) is 0 Å². The molecule has 0 radical (unpaired) electrons. The van der Waals surface area contributed by atoms with Crippen LogP contribution in [0.25, 0.3) is 11.2 Å². The summed E-state index contributed by atoms with van der Waals surface area (Å²) >= 11 is 0. The van der Waals surface area contributed by atoms with Crippen molar-refractivity contribution in [3.8, 4) is 11.5 Å². The van der Waals surface area contributed by atoms with Gasteiger partial charge in [-0.1, -0.05) is 12.2 Å². The van der Waals surface area contributed by atoms with Crippen LogP contribution in [-0.4, -0.2) is 34.4 Å². The topological polar surface area (TPSA) is 99.1 Å². The highest BCUT2D eigenvalue weighted by Gasteiger charge is 2.22. The molecule has 0 saturated carbocycles. The van der Waals surface area contributed by atoms with Crippen LogP contribution in [0.2, 0.25) is 0 Å². The fourth-order valence-electron chi connectivity index (χ4n) is 3.82. The quantitative estimate of drug-likeness (QED) is 0.660. The van der Waals surface area contributed by atoms with Gasteiger partial charge >= 0.3 is 0 Å². The number of aromatic nitrogens is 3. The van der Waals surface area contributed by atoms with Crippen LogP contribution in [0.4, 0.5) is 11.5 Å². The predicted octanol–water partition coefficient (Wildman–Crippen LogP) is 3.70. The molecule has 2 aromatic heterocycles. The zero-order valence-electron chi connectivity index (χ0n) is 17.2. The minimum atomic E-state index is 0.204. The number of imidazole rings is 1. The number of dihydropyridines is 1. The summed E-state index contributed by atoms with van der Waals surface area (Å²) in [4.78, 5) is 13.8. The molecule has 2 aliphatic rings. The number of allylic oxidation sites excluding steroid dienone is 4. The molecular formula is C23H22N6O2. The number of rotatable bonds is 5. The van der Waals surface area contributed by atoms with Crippen molar-refractivity contribution in [2.75, 3.05) is 19.5 Å². The Hall–Kier alpha value is -4.07. The van der Waals surface area contributed by atoms with Crippen LogP contribution in [0.1, 0.15) is 12.1 Å². The fraction of sp³-hybridized carbons (Fsp3) is 0.174. The summed E-state index contributed by atoms with van der Waals surface area (Å²) in [6.45, 7) is 0. The summed E-state index contributed by atoms with van der Waals surface area (Å²) < 4.78 is 12.7. The Kier molecular flexibility index (Phi) is 4.66. The molecule has 1 unspecified atom stereocenters. The van der Waals surface area contributed by atoms with Crippen molar-refractivity contribution in [3.05, 3.63) is 72.5 Å². The Bertz CT molecular complexity index is 1280. The van der Waals surface area contributed by atoms with E-state index < -0.39 is 0 Å². The maximum atomic E-state index is 5.82. The van der Waals surface area contributed by atoms with E-state index in [0.29, 0.717) is 23.2 Å². The smallest absolute Gasteiger partial charge is 0.180 e. The van der Waals surface area contributed by atoms with Gasteiger partial charge in [0.25, 0.3) is 0 Å². The Morgan fingerprint density at radius 2 is 2.03 bits per heavy atom. The van der Waals surface area contributed by atoms with E-state index in [9.17, 15) is 0 Å². The molecule has 0 amide bonds. The van der Waals surface area contributed by atoms with E-state index in [2.05, 4.69) is 27.4 Å². The standard InChI is InChI=1S/C23H22N6O2/c1-30-19-7-5-16(12-20(19)31-2)26-22-23-25-9-10-29(23)13-18(28-22)15-3-6-17-14(11-15)4-8-21(24)27-17/h3-10,12-14H,11H2,1-2H3,(H2,24,27)(H,26,28). The highest BCUT2D eigenvalue weighted by atomic mass is 16.5. The number of benzene rings is 1. The number of anilines is 2. The maximum Gasteiger partial charge on any atom is 0.180 e. The third kappa shape index (κ3) is 3.52. The van der Waals surface area contributed by atoms with E-state index in [1.54, 1.807) is 20.4 Å². The lowest BCUT2D eigenvalue weighted by molar-refractivity contribution is 0.355. The maximum absolute atomic E-state index is 5.82. The number of fused-ring (bicyclic) bond motifs is 2. The first-order chi connectivity index (χ1) is 15.1. The van der Waals surface area contributed by atoms with Crippen molar-refractivity contribution in [2.45, 2.75) is 6.42 Å². The number of methoxy groups -OCH3 is 2. The Balaban J connectivity index is 1.52. The number of nitrogens with two attached hydrogens (primary N) is 1. The largest absolute Gasteiger partial charge is 0.493 e. The molecule has 0 bridgehead atoms. The number of ether oxygens (including phenoxy) is 2. The van der Waals surface area contributed by atoms with E-state index in [0.717, 1.165) is 34.7 Å². The summed E-state index contributed by atoms with van der Waals surface area (Å²) in [6, 6.07) is 5.64. The number of nitrogens with one attached hydrogen (secondary N) is 1. The third-order valence-corrected chi connectivity index (χ3v) is 5.38. The van der Waals surface area contributed by atoms with Crippen LogP contribution in [0.15, 0.2) is 71.8 Å². The van der Waals surface area contributed by atoms with Crippen molar-refractivity contribution >= 4 is 28.6 Å². The lowest BCUT2D eigenvalue weighted by Crippen LogP contribution is -2.17. The number of hydrogen-bond acceptors (Lipinski definition) is 7. The molecule has 8 nitrogen and oxygen atoms in total. The molecule has 156 valence electrons. The van der Waals surface area contributed by atoms with Gasteiger partial charge in [0.2, 0.25) is 0 Å². The molecule has 3 heterocycles. The Labute approximate surface area is 179 Å². The van der Waals surface area contributed by atoms with Crippen LogP contribution in [0.3, 0.4) is 0 Å². The van der Waals surface area contributed by atoms with Crippen molar-refractivity contribution < 1.29 is 9.47 Å². The minimum Gasteiger partial charge on any atom is -0.493 e.